The van der Waals surface area contributed by atoms with Gasteiger partial charge < -0.3 is 0 Å². The predicted octanol–water partition coefficient (Wildman–Crippen LogP) is 9.40. The van der Waals surface area contributed by atoms with Gasteiger partial charge in [0.05, 0.1) is 4.90 Å². The van der Waals surface area contributed by atoms with Crippen LogP contribution in [-0.2, 0) is 23.0 Å². The number of unbranched alkanes of at least 4 members (excludes halogenated alkanes) is 9. The Balaban J connectivity index is 0.000000235. The van der Waals surface area contributed by atoms with Gasteiger partial charge in [-0.1, -0.05) is 175 Å². The largest absolute Gasteiger partial charge is 0.294 e. The molecule has 1 N–H and O–H groups in total. The van der Waals surface area contributed by atoms with Gasteiger partial charge in [0.15, 0.2) is 0 Å². The molecule has 0 aliphatic rings. The maximum atomic E-state index is 11.3. The molecule has 0 fully saturated rings. The van der Waals surface area contributed by atoms with Crippen molar-refractivity contribution in [2.24, 2.45) is 0 Å². The summed E-state index contributed by atoms with van der Waals surface area (Å²) in [7, 11) is -4.57. The highest BCUT2D eigenvalue weighted by molar-refractivity contribution is 7.85. The summed E-state index contributed by atoms with van der Waals surface area (Å²) in [6.45, 7) is 4.47. The average molecular weight is 617 g/mol. The first-order valence-electron chi connectivity index (χ1n) is 16.0. The van der Waals surface area contributed by atoms with E-state index < -0.39 is 18.0 Å². The van der Waals surface area contributed by atoms with Crippen LogP contribution in [0.4, 0.5) is 0 Å². The molecule has 0 aromatic heterocycles. The molecule has 0 aliphatic carbocycles. The quantitative estimate of drug-likeness (QED) is 0.0775. The average Bonchev–Trinajstić information content (AvgIpc) is 3.03. The third kappa shape index (κ3) is 12.0. The third-order valence-electron chi connectivity index (χ3n) is 7.69. The van der Waals surface area contributed by atoms with Crippen molar-refractivity contribution in [1.29, 1.82) is 0 Å². The van der Waals surface area contributed by atoms with E-state index in [1.54, 1.807) is 12.1 Å². The van der Waals surface area contributed by atoms with Gasteiger partial charge in [0.2, 0.25) is 0 Å². The van der Waals surface area contributed by atoms with Gasteiger partial charge in [-0.15, -0.1) is 0 Å². The molecule has 0 amide bonds. The van der Waals surface area contributed by atoms with E-state index in [1.165, 1.54) is 78.9 Å². The standard InChI is InChI=1S/C20H19P.C18H30O3S/c1-2-17-11-9-10-16-20(17)21(18-12-5-3-6-13-18)19-14-7-4-8-15-19;1-2-3-4-5-6-7-8-9-10-11-14-17-15-12-13-16-18(17)22(19,20)21/h3-16H,2H2,1H3;12-13,15-16H,2-11,14H2,1H3,(H,19,20,21). The molecular formula is C38H49O3PS. The van der Waals surface area contributed by atoms with Crippen LogP contribution < -0.4 is 15.9 Å². The molecule has 0 unspecified atom stereocenters. The number of benzene rings is 4. The first-order chi connectivity index (χ1) is 21.0. The van der Waals surface area contributed by atoms with E-state index in [1.807, 2.05) is 6.07 Å². The van der Waals surface area contributed by atoms with Crippen LogP contribution in [0.5, 0.6) is 0 Å². The topological polar surface area (TPSA) is 54.4 Å². The number of aryl methyl sites for hydroxylation is 2. The van der Waals surface area contributed by atoms with Crippen LogP contribution in [0.2, 0.25) is 0 Å². The van der Waals surface area contributed by atoms with Crippen LogP contribution in [0.25, 0.3) is 0 Å². The molecule has 230 valence electrons. The summed E-state index contributed by atoms with van der Waals surface area (Å²) in [5.41, 5.74) is 2.18. The summed E-state index contributed by atoms with van der Waals surface area (Å²) >= 11 is 0. The Morgan fingerprint density at radius 1 is 0.535 bits per heavy atom. The molecule has 4 aromatic rings. The molecule has 0 heterocycles. The molecule has 3 nitrogen and oxygen atoms in total. The second kappa shape index (κ2) is 19.5. The number of rotatable bonds is 16. The lowest BCUT2D eigenvalue weighted by Gasteiger charge is -2.21. The molecule has 0 saturated heterocycles. The lowest BCUT2D eigenvalue weighted by atomic mass is 10.0. The zero-order valence-electron chi connectivity index (χ0n) is 26.0. The second-order valence-electron chi connectivity index (χ2n) is 11.0. The van der Waals surface area contributed by atoms with E-state index in [-0.39, 0.29) is 4.90 Å². The summed E-state index contributed by atoms with van der Waals surface area (Å²) in [6.07, 6.45) is 14.4. The van der Waals surface area contributed by atoms with Crippen LogP contribution in [0.15, 0.2) is 114 Å². The fourth-order valence-electron chi connectivity index (χ4n) is 5.37. The first-order valence-corrected chi connectivity index (χ1v) is 18.8. The van der Waals surface area contributed by atoms with Crippen LogP contribution in [-0.4, -0.2) is 13.0 Å². The van der Waals surface area contributed by atoms with Crippen LogP contribution in [0.3, 0.4) is 0 Å². The zero-order chi connectivity index (χ0) is 30.8. The van der Waals surface area contributed by atoms with Crippen LogP contribution >= 0.6 is 7.92 Å². The van der Waals surface area contributed by atoms with E-state index in [0.717, 1.165) is 24.8 Å². The maximum absolute atomic E-state index is 11.3. The van der Waals surface area contributed by atoms with E-state index in [0.29, 0.717) is 6.42 Å². The molecule has 0 atom stereocenters. The summed E-state index contributed by atoms with van der Waals surface area (Å²) in [5.74, 6) is 0. The fourth-order valence-corrected chi connectivity index (χ4v) is 8.68. The van der Waals surface area contributed by atoms with E-state index in [9.17, 15) is 13.0 Å². The monoisotopic (exact) mass is 616 g/mol. The Kier molecular flexibility index (Phi) is 15.7. The van der Waals surface area contributed by atoms with Gasteiger partial charge >= 0.3 is 0 Å². The molecule has 0 spiro atoms. The minimum atomic E-state index is -4.10. The van der Waals surface area contributed by atoms with E-state index in [4.69, 9.17) is 0 Å². The molecular weight excluding hydrogens is 567 g/mol. The van der Waals surface area contributed by atoms with Crippen LogP contribution in [0, 0.1) is 0 Å². The Labute approximate surface area is 262 Å². The third-order valence-corrected chi connectivity index (χ3v) is 11.2. The molecule has 0 bridgehead atoms. The van der Waals surface area contributed by atoms with Crippen molar-refractivity contribution in [3.8, 4) is 0 Å². The SMILES string of the molecule is CCCCCCCCCCCCc1ccccc1S(=O)(=O)O.CCc1ccccc1P(c1ccccc1)c1ccccc1. The van der Waals surface area contributed by atoms with E-state index in [2.05, 4.69) is 98.8 Å². The van der Waals surface area contributed by atoms with Gasteiger partial charge in [0.1, 0.15) is 0 Å². The number of hydrogen-bond donors (Lipinski definition) is 1. The van der Waals surface area contributed by atoms with Crippen molar-refractivity contribution >= 4 is 34.0 Å². The summed E-state index contributed by atoms with van der Waals surface area (Å²) in [6, 6.07) is 37.4. The van der Waals surface area contributed by atoms with Crippen molar-refractivity contribution in [2.75, 3.05) is 0 Å². The predicted molar refractivity (Wildman–Crippen MR) is 186 cm³/mol. The van der Waals surface area contributed by atoms with Gasteiger partial charge in [-0.3, -0.25) is 4.55 Å². The minimum Gasteiger partial charge on any atom is -0.282 e. The molecule has 43 heavy (non-hydrogen) atoms. The van der Waals surface area contributed by atoms with Crippen molar-refractivity contribution in [3.05, 3.63) is 120 Å². The summed E-state index contributed by atoms with van der Waals surface area (Å²) in [5, 5.41) is 4.31. The molecule has 0 aliphatic heterocycles. The lowest BCUT2D eigenvalue weighted by molar-refractivity contribution is 0.481. The van der Waals surface area contributed by atoms with Crippen molar-refractivity contribution in [3.63, 3.8) is 0 Å². The maximum Gasteiger partial charge on any atom is 0.294 e. The van der Waals surface area contributed by atoms with Gasteiger partial charge in [-0.05, 0) is 60.3 Å². The van der Waals surface area contributed by atoms with E-state index >= 15 is 0 Å². The highest BCUT2D eigenvalue weighted by Crippen LogP contribution is 2.34. The Morgan fingerprint density at radius 3 is 1.49 bits per heavy atom. The minimum absolute atomic E-state index is 0.0610. The Bertz CT molecular complexity index is 1380. The van der Waals surface area contributed by atoms with Gasteiger partial charge in [-0.25, -0.2) is 0 Å². The lowest BCUT2D eigenvalue weighted by Crippen LogP contribution is -2.22. The molecule has 4 aromatic carbocycles. The number of hydrogen-bond acceptors (Lipinski definition) is 2. The highest BCUT2D eigenvalue weighted by Gasteiger charge is 2.18. The van der Waals surface area contributed by atoms with Crippen LogP contribution in [0.1, 0.15) is 89.2 Å². The van der Waals surface area contributed by atoms with Gasteiger partial charge in [0.25, 0.3) is 10.1 Å². The van der Waals surface area contributed by atoms with Gasteiger partial charge in [0, 0.05) is 0 Å². The van der Waals surface area contributed by atoms with Gasteiger partial charge in [-0.2, -0.15) is 8.42 Å². The van der Waals surface area contributed by atoms with Crippen molar-refractivity contribution in [1.82, 2.24) is 0 Å². The highest BCUT2D eigenvalue weighted by atomic mass is 32.2. The molecule has 0 radical (unpaired) electrons. The smallest absolute Gasteiger partial charge is 0.282 e. The van der Waals surface area contributed by atoms with Crippen molar-refractivity contribution < 1.29 is 13.0 Å². The summed E-state index contributed by atoms with van der Waals surface area (Å²) in [4.78, 5) is 0.0610. The second-order valence-corrected chi connectivity index (χ2v) is 14.6. The first kappa shape index (κ1) is 34.7. The molecule has 5 heteroatoms. The normalized spacial score (nSPS) is 11.3. The zero-order valence-corrected chi connectivity index (χ0v) is 27.7. The summed E-state index contributed by atoms with van der Waals surface area (Å²) < 4.78 is 31.8. The Morgan fingerprint density at radius 2 is 0.977 bits per heavy atom. The Hall–Kier alpha value is -2.78. The van der Waals surface area contributed by atoms with Crippen molar-refractivity contribution in [2.45, 2.75) is 95.8 Å². The molecule has 0 saturated carbocycles. The molecule has 4 rings (SSSR count). The fraction of sp³-hybridized carbons (Fsp3) is 0.368.